The Morgan fingerprint density at radius 2 is 2.10 bits per heavy atom. The van der Waals surface area contributed by atoms with E-state index in [1.165, 1.54) is 17.0 Å². The molecule has 0 aliphatic carbocycles. The van der Waals surface area contributed by atoms with Crippen molar-refractivity contribution in [3.63, 3.8) is 0 Å². The number of aromatic nitrogens is 2. The number of rotatable bonds is 4. The van der Waals surface area contributed by atoms with Crippen LogP contribution in [-0.4, -0.2) is 23.6 Å². The highest BCUT2D eigenvalue weighted by Crippen LogP contribution is 2.22. The number of methoxy groups -OCH3 is 1. The Hall–Kier alpha value is -1.94. The van der Waals surface area contributed by atoms with Crippen LogP contribution in [0.25, 0.3) is 0 Å². The molecule has 0 amide bonds. The van der Waals surface area contributed by atoms with Gasteiger partial charge in [0.25, 0.3) is 0 Å². The molecule has 2 aromatic rings. The van der Waals surface area contributed by atoms with Gasteiger partial charge in [0.1, 0.15) is 11.6 Å². The molecule has 4 heteroatoms. The molecule has 0 radical (unpaired) electrons. The van der Waals surface area contributed by atoms with Gasteiger partial charge in [-0.3, -0.25) is 0 Å². The lowest BCUT2D eigenvalue weighted by molar-refractivity contribution is 0.410. The van der Waals surface area contributed by atoms with Gasteiger partial charge in [-0.05, 0) is 12.5 Å². The molecular formula is C17H21N3O. The molecule has 1 N–H and O–H groups in total. The molecule has 1 aromatic heterocycles. The van der Waals surface area contributed by atoms with Crippen LogP contribution in [-0.2, 0) is 25.8 Å². The quantitative estimate of drug-likeness (QED) is 0.935. The fourth-order valence-electron chi connectivity index (χ4n) is 2.86. The molecule has 3 rings (SSSR count). The Kier molecular flexibility index (Phi) is 4.15. The van der Waals surface area contributed by atoms with E-state index in [1.807, 2.05) is 18.2 Å². The third kappa shape index (κ3) is 2.90. The maximum atomic E-state index is 5.42. The minimum atomic E-state index is 0.720. The number of aryl methyl sites for hydroxylation is 1. The van der Waals surface area contributed by atoms with Gasteiger partial charge in [0.05, 0.1) is 12.8 Å². The summed E-state index contributed by atoms with van der Waals surface area (Å²) in [5.74, 6) is 1.80. The maximum Gasteiger partial charge on any atom is 0.133 e. The fraction of sp³-hybridized carbons (Fsp3) is 0.412. The van der Waals surface area contributed by atoms with Crippen molar-refractivity contribution in [3.05, 3.63) is 52.6 Å². The highest BCUT2D eigenvalue weighted by Gasteiger charge is 2.17. The average molecular weight is 283 g/mol. The van der Waals surface area contributed by atoms with Gasteiger partial charge in [0.15, 0.2) is 0 Å². The number of nitrogens with zero attached hydrogens (tertiary/aromatic N) is 2. The van der Waals surface area contributed by atoms with Crippen LogP contribution in [0.1, 0.15) is 35.3 Å². The second kappa shape index (κ2) is 6.22. The third-order valence-electron chi connectivity index (χ3n) is 3.94. The second-order valence-corrected chi connectivity index (χ2v) is 5.28. The Labute approximate surface area is 125 Å². The predicted octanol–water partition coefficient (Wildman–Crippen LogP) is 2.28. The number of hydrogen-bond donors (Lipinski definition) is 1. The van der Waals surface area contributed by atoms with E-state index < -0.39 is 0 Å². The average Bonchev–Trinajstić information content (AvgIpc) is 2.54. The van der Waals surface area contributed by atoms with Crippen molar-refractivity contribution in [2.45, 2.75) is 32.7 Å². The van der Waals surface area contributed by atoms with Gasteiger partial charge in [0.2, 0.25) is 0 Å². The maximum absolute atomic E-state index is 5.42. The van der Waals surface area contributed by atoms with Gasteiger partial charge in [-0.1, -0.05) is 25.1 Å². The first-order valence-electron chi connectivity index (χ1n) is 7.52. The normalized spacial score (nSPS) is 13.8. The monoisotopic (exact) mass is 283 g/mol. The molecule has 1 aromatic carbocycles. The zero-order chi connectivity index (χ0) is 14.7. The van der Waals surface area contributed by atoms with E-state index in [0.29, 0.717) is 0 Å². The van der Waals surface area contributed by atoms with E-state index in [1.54, 1.807) is 7.11 Å². The molecule has 0 spiro atoms. The third-order valence-corrected chi connectivity index (χ3v) is 3.94. The van der Waals surface area contributed by atoms with Crippen molar-refractivity contribution >= 4 is 0 Å². The molecule has 0 unspecified atom stereocenters. The second-order valence-electron chi connectivity index (χ2n) is 5.28. The fourth-order valence-corrected chi connectivity index (χ4v) is 2.86. The molecule has 0 saturated carbocycles. The predicted molar refractivity (Wildman–Crippen MR) is 82.6 cm³/mol. The van der Waals surface area contributed by atoms with Gasteiger partial charge >= 0.3 is 0 Å². The van der Waals surface area contributed by atoms with E-state index >= 15 is 0 Å². The number of hydrogen-bond acceptors (Lipinski definition) is 4. The lowest BCUT2D eigenvalue weighted by Crippen LogP contribution is -2.27. The molecule has 0 atom stereocenters. The van der Waals surface area contributed by atoms with E-state index in [2.05, 4.69) is 18.3 Å². The summed E-state index contributed by atoms with van der Waals surface area (Å²) in [6.45, 7) is 4.05. The standard InChI is InChI=1S/C17H21N3O/c1-3-14-13-11-18-9-8-15(13)20-17(19-14)10-12-6-4-5-7-16(12)21-2/h4-7,18H,3,8-11H2,1-2H3. The van der Waals surface area contributed by atoms with E-state index in [4.69, 9.17) is 14.7 Å². The van der Waals surface area contributed by atoms with Crippen LogP contribution in [0.2, 0.25) is 0 Å². The van der Waals surface area contributed by atoms with Crippen LogP contribution in [0.3, 0.4) is 0 Å². The largest absolute Gasteiger partial charge is 0.496 e. The summed E-state index contributed by atoms with van der Waals surface area (Å²) in [6.07, 6.45) is 2.66. The van der Waals surface area contributed by atoms with E-state index in [9.17, 15) is 0 Å². The first-order chi connectivity index (χ1) is 10.3. The summed E-state index contributed by atoms with van der Waals surface area (Å²) in [5.41, 5.74) is 4.83. The molecule has 0 saturated heterocycles. The van der Waals surface area contributed by atoms with E-state index in [0.717, 1.165) is 49.5 Å². The van der Waals surface area contributed by atoms with Gasteiger partial charge in [-0.25, -0.2) is 9.97 Å². The van der Waals surface area contributed by atoms with E-state index in [-0.39, 0.29) is 0 Å². The molecule has 4 nitrogen and oxygen atoms in total. The minimum absolute atomic E-state index is 0.720. The molecule has 110 valence electrons. The SMILES string of the molecule is CCc1nc(Cc2ccccc2OC)nc2c1CNCC2. The van der Waals surface area contributed by atoms with Crippen molar-refractivity contribution in [2.75, 3.05) is 13.7 Å². The van der Waals surface area contributed by atoms with Crippen molar-refractivity contribution in [1.29, 1.82) is 0 Å². The summed E-state index contributed by atoms with van der Waals surface area (Å²) in [7, 11) is 1.70. The zero-order valence-electron chi connectivity index (χ0n) is 12.6. The Bertz CT molecular complexity index is 623. The molecule has 21 heavy (non-hydrogen) atoms. The zero-order valence-corrected chi connectivity index (χ0v) is 12.6. The van der Waals surface area contributed by atoms with Crippen molar-refractivity contribution in [2.24, 2.45) is 0 Å². The van der Waals surface area contributed by atoms with Crippen LogP contribution >= 0.6 is 0 Å². The topological polar surface area (TPSA) is 47.0 Å². The highest BCUT2D eigenvalue weighted by molar-refractivity contribution is 5.36. The van der Waals surface area contributed by atoms with Gasteiger partial charge < -0.3 is 10.1 Å². The van der Waals surface area contributed by atoms with Gasteiger partial charge in [-0.15, -0.1) is 0 Å². The number of nitrogens with one attached hydrogen (secondary N) is 1. The summed E-state index contributed by atoms with van der Waals surface area (Å²) in [5, 5.41) is 3.40. The number of fused-ring (bicyclic) bond motifs is 1. The summed E-state index contributed by atoms with van der Waals surface area (Å²) in [6, 6.07) is 8.08. The van der Waals surface area contributed by atoms with Gasteiger partial charge in [-0.2, -0.15) is 0 Å². The molecular weight excluding hydrogens is 262 g/mol. The number of ether oxygens (including phenoxy) is 1. The van der Waals surface area contributed by atoms with Gasteiger partial charge in [0, 0.05) is 42.8 Å². The smallest absolute Gasteiger partial charge is 0.133 e. The van der Waals surface area contributed by atoms with Crippen LogP contribution in [0.15, 0.2) is 24.3 Å². The lowest BCUT2D eigenvalue weighted by Gasteiger charge is -2.20. The summed E-state index contributed by atoms with van der Waals surface area (Å²) < 4.78 is 5.42. The van der Waals surface area contributed by atoms with Crippen molar-refractivity contribution < 1.29 is 4.74 Å². The molecule has 1 aliphatic heterocycles. The highest BCUT2D eigenvalue weighted by atomic mass is 16.5. The van der Waals surface area contributed by atoms with Crippen molar-refractivity contribution in [1.82, 2.24) is 15.3 Å². The molecule has 0 bridgehead atoms. The van der Waals surface area contributed by atoms with Crippen LogP contribution in [0, 0.1) is 0 Å². The Balaban J connectivity index is 1.95. The summed E-state index contributed by atoms with van der Waals surface area (Å²) >= 11 is 0. The molecule has 2 heterocycles. The first kappa shape index (κ1) is 14.0. The number of benzene rings is 1. The van der Waals surface area contributed by atoms with Crippen LogP contribution in [0.4, 0.5) is 0 Å². The van der Waals surface area contributed by atoms with Crippen LogP contribution in [0.5, 0.6) is 5.75 Å². The first-order valence-corrected chi connectivity index (χ1v) is 7.52. The van der Waals surface area contributed by atoms with Crippen molar-refractivity contribution in [3.8, 4) is 5.75 Å². The lowest BCUT2D eigenvalue weighted by atomic mass is 10.0. The Morgan fingerprint density at radius 1 is 1.24 bits per heavy atom. The van der Waals surface area contributed by atoms with Crippen LogP contribution < -0.4 is 10.1 Å². The molecule has 0 fully saturated rings. The molecule has 1 aliphatic rings. The number of para-hydroxylation sites is 1. The Morgan fingerprint density at radius 3 is 2.90 bits per heavy atom. The summed E-state index contributed by atoms with van der Waals surface area (Å²) in [4.78, 5) is 9.55. The minimum Gasteiger partial charge on any atom is -0.496 e.